The van der Waals surface area contributed by atoms with Crippen LogP contribution in [0.3, 0.4) is 0 Å². The van der Waals surface area contributed by atoms with Gasteiger partial charge < -0.3 is 5.73 Å². The van der Waals surface area contributed by atoms with E-state index >= 15 is 0 Å². The van der Waals surface area contributed by atoms with Gasteiger partial charge in [-0.15, -0.1) is 0 Å². The first-order valence-electron chi connectivity index (χ1n) is 5.04. The van der Waals surface area contributed by atoms with Gasteiger partial charge in [-0.2, -0.15) is 0 Å². The molecule has 0 heterocycles. The van der Waals surface area contributed by atoms with Crippen LogP contribution in [0.2, 0.25) is 0 Å². The van der Waals surface area contributed by atoms with Crippen LogP contribution in [-0.2, 0) is 9.59 Å². The second kappa shape index (κ2) is 8.96. The molecule has 0 aromatic rings. The molecule has 2 atom stereocenters. The Morgan fingerprint density at radius 3 is 1.62 bits per heavy atom. The van der Waals surface area contributed by atoms with Gasteiger partial charge in [0.1, 0.15) is 11.6 Å². The molecule has 0 spiro atoms. The smallest absolute Gasteiger partial charge is 0.217 e. The predicted molar refractivity (Wildman–Crippen MR) is 60.7 cm³/mol. The Hall–Kier alpha value is -1.30. The Kier molecular flexibility index (Phi) is 9.58. The lowest BCUT2D eigenvalue weighted by atomic mass is 10.2. The number of nitrogens with two attached hydrogens (primary N) is 1. The topological polar surface area (TPSA) is 103 Å². The van der Waals surface area contributed by atoms with Gasteiger partial charge in [-0.3, -0.25) is 19.7 Å². The number of hydrogen-bond donors (Lipinski definition) is 1. The summed E-state index contributed by atoms with van der Waals surface area (Å²) in [6.07, 6.45) is 0.535. The minimum absolute atomic E-state index is 0.0255. The van der Waals surface area contributed by atoms with Gasteiger partial charge in [0.05, 0.1) is 6.42 Å². The van der Waals surface area contributed by atoms with Crippen molar-refractivity contribution in [3.8, 4) is 0 Å². The van der Waals surface area contributed by atoms with Crippen molar-refractivity contribution >= 4 is 11.6 Å². The Bertz CT molecular complexity index is 251. The summed E-state index contributed by atoms with van der Waals surface area (Å²) in [6, 6.07) is -0.708. The highest BCUT2D eigenvalue weighted by Crippen LogP contribution is 1.94. The predicted octanol–water partition coefficient (Wildman–Crippen LogP) is 0.943. The zero-order valence-electron chi connectivity index (χ0n) is 10.2. The molecule has 0 saturated heterocycles. The number of carbonyl (C=O) groups excluding carboxylic acids is 2. The lowest BCUT2D eigenvalue weighted by molar-refractivity contribution is -0.516. The lowest BCUT2D eigenvalue weighted by Crippen LogP contribution is -2.17. The summed E-state index contributed by atoms with van der Waals surface area (Å²) in [5.41, 5.74) is 5.27. The second-order valence-electron chi connectivity index (χ2n) is 3.92. The van der Waals surface area contributed by atoms with Gasteiger partial charge in [-0.1, -0.05) is 0 Å². The van der Waals surface area contributed by atoms with E-state index in [2.05, 4.69) is 0 Å². The third-order valence-electron chi connectivity index (χ3n) is 1.55. The average molecular weight is 232 g/mol. The fourth-order valence-electron chi connectivity index (χ4n) is 0.944. The molecule has 2 N–H and O–H groups in total. The highest BCUT2D eigenvalue weighted by Gasteiger charge is 2.13. The third kappa shape index (κ3) is 15.2. The average Bonchev–Trinajstić information content (AvgIpc) is 2.00. The summed E-state index contributed by atoms with van der Waals surface area (Å²) in [7, 11) is 0. The Balaban J connectivity index is 0. The highest BCUT2D eigenvalue weighted by atomic mass is 16.6. The van der Waals surface area contributed by atoms with E-state index in [0.29, 0.717) is 6.42 Å². The SMILES string of the molecule is CC(=O)C[C@@H](C)N.CC(=O)C[C@@H](C)[N+](=O)[O-]. The molecular weight excluding hydrogens is 212 g/mol. The summed E-state index contributed by atoms with van der Waals surface area (Å²) in [5.74, 6) is 0.0224. The number of rotatable bonds is 5. The quantitative estimate of drug-likeness (QED) is 0.561. The molecule has 0 radical (unpaired) electrons. The van der Waals surface area contributed by atoms with E-state index in [0.717, 1.165) is 0 Å². The van der Waals surface area contributed by atoms with Crippen LogP contribution in [0.15, 0.2) is 0 Å². The van der Waals surface area contributed by atoms with Gasteiger partial charge in [0, 0.05) is 24.3 Å². The Morgan fingerprint density at radius 2 is 1.56 bits per heavy atom. The van der Waals surface area contributed by atoms with E-state index in [4.69, 9.17) is 5.73 Å². The van der Waals surface area contributed by atoms with Crippen LogP contribution < -0.4 is 5.73 Å². The van der Waals surface area contributed by atoms with Crippen molar-refractivity contribution in [1.82, 2.24) is 0 Å². The number of nitrogens with zero attached hydrogens (tertiary/aromatic N) is 1. The molecule has 0 unspecified atom stereocenters. The van der Waals surface area contributed by atoms with Crippen LogP contribution in [0.1, 0.15) is 40.5 Å². The first kappa shape index (κ1) is 17.1. The van der Waals surface area contributed by atoms with Gasteiger partial charge in [0.15, 0.2) is 0 Å². The molecule has 0 aliphatic rings. The molecule has 0 rings (SSSR count). The van der Waals surface area contributed by atoms with Crippen LogP contribution >= 0.6 is 0 Å². The standard InChI is InChI=1S/C5H9NO3.C5H11NO/c1-4(6(8)9)3-5(2)7;1-4(6)3-5(2)7/h4H,3H2,1-2H3;4H,3,6H2,1-2H3/t2*4-/m11/s1. The van der Waals surface area contributed by atoms with E-state index in [9.17, 15) is 19.7 Å². The minimum atomic E-state index is -0.734. The molecule has 0 aromatic heterocycles. The Morgan fingerprint density at radius 1 is 1.19 bits per heavy atom. The summed E-state index contributed by atoms with van der Waals surface area (Å²) in [4.78, 5) is 29.9. The van der Waals surface area contributed by atoms with Crippen molar-refractivity contribution in [1.29, 1.82) is 0 Å². The number of hydrogen-bond acceptors (Lipinski definition) is 5. The number of ketones is 2. The van der Waals surface area contributed by atoms with E-state index < -0.39 is 11.0 Å². The fourth-order valence-corrected chi connectivity index (χ4v) is 0.944. The second-order valence-corrected chi connectivity index (χ2v) is 3.92. The molecule has 94 valence electrons. The zero-order valence-corrected chi connectivity index (χ0v) is 10.2. The molecule has 0 aliphatic carbocycles. The van der Waals surface area contributed by atoms with E-state index in [1.165, 1.54) is 13.8 Å². The van der Waals surface area contributed by atoms with E-state index in [-0.39, 0.29) is 24.0 Å². The lowest BCUT2D eigenvalue weighted by Gasteiger charge is -1.97. The monoisotopic (exact) mass is 232 g/mol. The molecular formula is C10H20N2O4. The van der Waals surface area contributed by atoms with Crippen molar-refractivity contribution in [2.45, 2.75) is 52.6 Å². The first-order valence-corrected chi connectivity index (χ1v) is 5.04. The molecule has 0 bridgehead atoms. The number of carbonyl (C=O) groups is 2. The van der Waals surface area contributed by atoms with Gasteiger partial charge in [-0.25, -0.2) is 0 Å². The third-order valence-corrected chi connectivity index (χ3v) is 1.55. The van der Waals surface area contributed by atoms with Crippen molar-refractivity contribution in [3.63, 3.8) is 0 Å². The highest BCUT2D eigenvalue weighted by molar-refractivity contribution is 5.76. The molecule has 0 aliphatic heterocycles. The summed E-state index contributed by atoms with van der Waals surface area (Å²) in [6.45, 7) is 6.13. The molecule has 0 amide bonds. The maximum absolute atomic E-state index is 10.3. The molecule has 0 saturated carbocycles. The minimum Gasteiger partial charge on any atom is -0.328 e. The largest absolute Gasteiger partial charge is 0.328 e. The summed E-state index contributed by atoms with van der Waals surface area (Å²) < 4.78 is 0. The Labute approximate surface area is 95.3 Å². The van der Waals surface area contributed by atoms with E-state index in [1.54, 1.807) is 6.92 Å². The zero-order chi connectivity index (χ0) is 13.3. The molecule has 6 nitrogen and oxygen atoms in total. The van der Waals surface area contributed by atoms with Crippen LogP contribution in [0.4, 0.5) is 0 Å². The van der Waals surface area contributed by atoms with Crippen molar-refractivity contribution < 1.29 is 14.5 Å². The van der Waals surface area contributed by atoms with Crippen molar-refractivity contribution in [3.05, 3.63) is 10.1 Å². The van der Waals surface area contributed by atoms with Gasteiger partial charge >= 0.3 is 0 Å². The molecule has 0 aromatic carbocycles. The number of nitro groups is 1. The summed E-state index contributed by atoms with van der Waals surface area (Å²) >= 11 is 0. The fraction of sp³-hybridized carbons (Fsp3) is 0.800. The van der Waals surface area contributed by atoms with Gasteiger partial charge in [-0.05, 0) is 20.8 Å². The summed E-state index contributed by atoms with van der Waals surface area (Å²) in [5, 5.41) is 9.89. The maximum atomic E-state index is 10.3. The van der Waals surface area contributed by atoms with E-state index in [1.807, 2.05) is 6.92 Å². The molecule has 0 fully saturated rings. The van der Waals surface area contributed by atoms with Crippen molar-refractivity contribution in [2.75, 3.05) is 0 Å². The first-order chi connectivity index (χ1) is 7.16. The van der Waals surface area contributed by atoms with Gasteiger partial charge in [0.2, 0.25) is 6.04 Å². The number of Topliss-reactive ketones (excluding diaryl/α,β-unsaturated/α-hetero) is 2. The van der Waals surface area contributed by atoms with Crippen molar-refractivity contribution in [2.24, 2.45) is 5.73 Å². The molecule has 6 heteroatoms. The van der Waals surface area contributed by atoms with Crippen LogP contribution in [0.25, 0.3) is 0 Å². The van der Waals surface area contributed by atoms with Gasteiger partial charge in [0.25, 0.3) is 0 Å². The molecule has 16 heavy (non-hydrogen) atoms. The van der Waals surface area contributed by atoms with Crippen LogP contribution in [0, 0.1) is 10.1 Å². The maximum Gasteiger partial charge on any atom is 0.217 e. The normalized spacial score (nSPS) is 13.1. The van der Waals surface area contributed by atoms with Crippen LogP contribution in [-0.4, -0.2) is 28.6 Å². The van der Waals surface area contributed by atoms with Crippen LogP contribution in [0.5, 0.6) is 0 Å².